The number of carbonyl (C=O) groups is 1. The Kier molecular flexibility index (Phi) is 4.33. The molecule has 0 heterocycles. The lowest BCUT2D eigenvalue weighted by Crippen LogP contribution is -2.37. The SMILES string of the molecule is COc1cc(F)c(C(=O)C(F)(F)C(F)F)cc1OC. The van der Waals surface area contributed by atoms with Crippen LogP contribution in [0.3, 0.4) is 0 Å². The zero-order valence-corrected chi connectivity index (χ0v) is 9.85. The van der Waals surface area contributed by atoms with Crippen molar-refractivity contribution in [1.82, 2.24) is 0 Å². The van der Waals surface area contributed by atoms with Gasteiger partial charge in [-0.15, -0.1) is 0 Å². The molecule has 0 spiro atoms. The van der Waals surface area contributed by atoms with Crippen molar-refractivity contribution in [3.8, 4) is 11.5 Å². The molecule has 0 unspecified atom stereocenters. The van der Waals surface area contributed by atoms with Crippen LogP contribution in [0.15, 0.2) is 12.1 Å². The summed E-state index contributed by atoms with van der Waals surface area (Å²) in [6.07, 6.45) is -4.23. The van der Waals surface area contributed by atoms with E-state index < -0.39 is 29.5 Å². The number of ketones is 1. The van der Waals surface area contributed by atoms with Gasteiger partial charge in [-0.2, -0.15) is 8.78 Å². The second kappa shape index (κ2) is 5.41. The minimum absolute atomic E-state index is 0.156. The third-order valence-electron chi connectivity index (χ3n) is 2.29. The van der Waals surface area contributed by atoms with Crippen molar-refractivity contribution >= 4 is 5.78 Å². The number of Topliss-reactive ketones (excluding diaryl/α,β-unsaturated/α-hetero) is 1. The van der Waals surface area contributed by atoms with E-state index in [9.17, 15) is 26.7 Å². The monoisotopic (exact) mass is 284 g/mol. The predicted molar refractivity (Wildman–Crippen MR) is 54.8 cm³/mol. The van der Waals surface area contributed by atoms with Crippen molar-refractivity contribution in [2.24, 2.45) is 0 Å². The van der Waals surface area contributed by atoms with Gasteiger partial charge in [-0.1, -0.05) is 0 Å². The molecule has 0 saturated carbocycles. The third-order valence-corrected chi connectivity index (χ3v) is 2.29. The topological polar surface area (TPSA) is 35.5 Å². The Bertz CT molecular complexity index is 487. The fraction of sp³-hybridized carbons (Fsp3) is 0.364. The Labute approximate surface area is 104 Å². The van der Waals surface area contributed by atoms with Crippen LogP contribution in [0.25, 0.3) is 0 Å². The highest BCUT2D eigenvalue weighted by atomic mass is 19.3. The lowest BCUT2D eigenvalue weighted by atomic mass is 10.0. The Morgan fingerprint density at radius 3 is 2.05 bits per heavy atom. The predicted octanol–water partition coefficient (Wildman–Crippen LogP) is 2.93. The molecule has 0 amide bonds. The van der Waals surface area contributed by atoms with E-state index in [4.69, 9.17) is 0 Å². The summed E-state index contributed by atoms with van der Waals surface area (Å²) < 4.78 is 72.7. The average Bonchev–Trinajstić information content (AvgIpc) is 2.37. The van der Waals surface area contributed by atoms with Crippen molar-refractivity contribution < 1.29 is 36.2 Å². The number of carbonyl (C=O) groups excluding carboxylic acids is 1. The Morgan fingerprint density at radius 2 is 1.63 bits per heavy atom. The summed E-state index contributed by atoms with van der Waals surface area (Å²) in [4.78, 5) is 11.2. The smallest absolute Gasteiger partial charge is 0.368 e. The molecule has 0 saturated heterocycles. The van der Waals surface area contributed by atoms with Gasteiger partial charge < -0.3 is 9.47 Å². The quantitative estimate of drug-likeness (QED) is 0.616. The Hall–Kier alpha value is -1.86. The van der Waals surface area contributed by atoms with E-state index in [0.29, 0.717) is 12.1 Å². The normalized spacial score (nSPS) is 11.6. The van der Waals surface area contributed by atoms with E-state index in [1.54, 1.807) is 0 Å². The van der Waals surface area contributed by atoms with Crippen LogP contribution in [0.4, 0.5) is 22.0 Å². The van der Waals surface area contributed by atoms with E-state index >= 15 is 0 Å². The Balaban J connectivity index is 3.32. The second-order valence-corrected chi connectivity index (χ2v) is 3.44. The summed E-state index contributed by atoms with van der Waals surface area (Å²) in [5, 5.41) is 0. The molecule has 106 valence electrons. The second-order valence-electron chi connectivity index (χ2n) is 3.44. The maximum atomic E-state index is 13.5. The summed E-state index contributed by atoms with van der Waals surface area (Å²) >= 11 is 0. The minimum atomic E-state index is -4.97. The zero-order chi connectivity index (χ0) is 14.8. The van der Waals surface area contributed by atoms with Gasteiger partial charge in [-0.3, -0.25) is 4.79 Å². The number of hydrogen-bond donors (Lipinski definition) is 0. The van der Waals surface area contributed by atoms with Crippen LogP contribution in [0.2, 0.25) is 0 Å². The molecule has 0 aliphatic rings. The van der Waals surface area contributed by atoms with Gasteiger partial charge in [0.05, 0.1) is 19.8 Å². The zero-order valence-electron chi connectivity index (χ0n) is 9.85. The highest BCUT2D eigenvalue weighted by molar-refractivity contribution is 6.02. The Morgan fingerprint density at radius 1 is 1.16 bits per heavy atom. The molecule has 0 aliphatic carbocycles. The van der Waals surface area contributed by atoms with E-state index in [2.05, 4.69) is 9.47 Å². The maximum absolute atomic E-state index is 13.5. The number of rotatable bonds is 5. The molecule has 3 nitrogen and oxygen atoms in total. The number of ether oxygens (including phenoxy) is 2. The first-order valence-electron chi connectivity index (χ1n) is 4.88. The number of halogens is 5. The van der Waals surface area contributed by atoms with Gasteiger partial charge in [0.1, 0.15) is 5.82 Å². The molecule has 1 rings (SSSR count). The van der Waals surface area contributed by atoms with Crippen molar-refractivity contribution in [3.63, 3.8) is 0 Å². The van der Waals surface area contributed by atoms with Crippen molar-refractivity contribution in [1.29, 1.82) is 0 Å². The van der Waals surface area contributed by atoms with Crippen LogP contribution in [0.5, 0.6) is 11.5 Å². The molecule has 0 radical (unpaired) electrons. The molecular formula is C11H9F5O3. The third kappa shape index (κ3) is 2.77. The molecule has 1 aromatic carbocycles. The van der Waals surface area contributed by atoms with Crippen molar-refractivity contribution in [2.75, 3.05) is 14.2 Å². The van der Waals surface area contributed by atoms with Gasteiger partial charge >= 0.3 is 12.3 Å². The van der Waals surface area contributed by atoms with Gasteiger partial charge in [0.15, 0.2) is 11.5 Å². The lowest BCUT2D eigenvalue weighted by Gasteiger charge is -2.15. The number of alkyl halides is 4. The lowest BCUT2D eigenvalue weighted by molar-refractivity contribution is -0.0959. The van der Waals surface area contributed by atoms with Crippen LogP contribution in [-0.2, 0) is 0 Å². The minimum Gasteiger partial charge on any atom is -0.493 e. The summed E-state index contributed by atoms with van der Waals surface area (Å²) in [6, 6.07) is 1.19. The van der Waals surface area contributed by atoms with Crippen molar-refractivity contribution in [2.45, 2.75) is 12.3 Å². The van der Waals surface area contributed by atoms with E-state index in [-0.39, 0.29) is 11.5 Å². The highest BCUT2D eigenvalue weighted by Gasteiger charge is 2.50. The first-order chi connectivity index (χ1) is 8.75. The largest absolute Gasteiger partial charge is 0.493 e. The molecule has 1 aromatic rings. The molecule has 0 fully saturated rings. The van der Waals surface area contributed by atoms with Crippen LogP contribution >= 0.6 is 0 Å². The molecule has 0 atom stereocenters. The van der Waals surface area contributed by atoms with Crippen molar-refractivity contribution in [3.05, 3.63) is 23.5 Å². The van der Waals surface area contributed by atoms with E-state index in [0.717, 1.165) is 14.2 Å². The molecule has 8 heteroatoms. The molecule has 0 aliphatic heterocycles. The number of methoxy groups -OCH3 is 2. The summed E-state index contributed by atoms with van der Waals surface area (Å²) in [6.45, 7) is 0. The molecule has 0 N–H and O–H groups in total. The van der Waals surface area contributed by atoms with E-state index in [1.807, 2.05) is 0 Å². The first-order valence-corrected chi connectivity index (χ1v) is 4.88. The van der Waals surface area contributed by atoms with Gasteiger partial charge in [0, 0.05) is 6.07 Å². The van der Waals surface area contributed by atoms with Gasteiger partial charge in [-0.05, 0) is 6.07 Å². The highest BCUT2D eigenvalue weighted by Crippen LogP contribution is 2.34. The molecular weight excluding hydrogens is 275 g/mol. The van der Waals surface area contributed by atoms with Gasteiger partial charge in [0.2, 0.25) is 5.78 Å². The van der Waals surface area contributed by atoms with Crippen LogP contribution in [0.1, 0.15) is 10.4 Å². The summed E-state index contributed by atoms with van der Waals surface area (Å²) in [5.41, 5.74) is -1.19. The molecule has 19 heavy (non-hydrogen) atoms. The molecule has 0 aromatic heterocycles. The average molecular weight is 284 g/mol. The summed E-state index contributed by atoms with van der Waals surface area (Å²) in [5.74, 6) is -9.07. The van der Waals surface area contributed by atoms with E-state index in [1.165, 1.54) is 0 Å². The van der Waals surface area contributed by atoms with Gasteiger partial charge in [0.25, 0.3) is 0 Å². The first kappa shape index (κ1) is 15.2. The number of benzene rings is 1. The standard InChI is InChI=1S/C11H9F5O3/c1-18-7-3-5(6(12)4-8(7)19-2)9(17)11(15,16)10(13)14/h3-4,10H,1-2H3. The summed E-state index contributed by atoms with van der Waals surface area (Å²) in [7, 11) is 2.28. The fourth-order valence-electron chi connectivity index (χ4n) is 1.31. The van der Waals surface area contributed by atoms with Crippen LogP contribution in [0, 0.1) is 5.82 Å². The molecule has 0 bridgehead atoms. The fourth-order valence-corrected chi connectivity index (χ4v) is 1.31. The van der Waals surface area contributed by atoms with Crippen LogP contribution in [-0.4, -0.2) is 32.4 Å². The van der Waals surface area contributed by atoms with Crippen LogP contribution < -0.4 is 9.47 Å². The number of hydrogen-bond acceptors (Lipinski definition) is 3. The maximum Gasteiger partial charge on any atom is 0.368 e. The van der Waals surface area contributed by atoms with Gasteiger partial charge in [-0.25, -0.2) is 13.2 Å².